The number of hydrogen-bond acceptors (Lipinski definition) is 3. The summed E-state index contributed by atoms with van der Waals surface area (Å²) in [7, 11) is 1.62. The molecule has 0 saturated heterocycles. The van der Waals surface area contributed by atoms with E-state index in [0.717, 1.165) is 11.0 Å². The van der Waals surface area contributed by atoms with Crippen molar-refractivity contribution in [2.75, 3.05) is 7.11 Å². The molecule has 2 rings (SSSR count). The van der Waals surface area contributed by atoms with E-state index in [1.165, 1.54) is 5.56 Å². The average molecular weight is 202 g/mol. The summed E-state index contributed by atoms with van der Waals surface area (Å²) >= 11 is 0. The van der Waals surface area contributed by atoms with E-state index in [1.807, 2.05) is 24.4 Å². The molecule has 0 radical (unpaired) electrons. The summed E-state index contributed by atoms with van der Waals surface area (Å²) in [4.78, 5) is 8.71. The number of rotatable bonds is 2. The molecule has 0 aliphatic carbocycles. The molecule has 0 fully saturated rings. The molecule has 0 N–H and O–H groups in total. The zero-order valence-electron chi connectivity index (χ0n) is 9.19. The Bertz CT molecular complexity index is 480. The SMILES string of the molecule is COc1ccc2nccc(C(C)C)c2n1. The smallest absolute Gasteiger partial charge is 0.213 e. The molecule has 0 amide bonds. The van der Waals surface area contributed by atoms with E-state index in [9.17, 15) is 0 Å². The van der Waals surface area contributed by atoms with Crippen molar-refractivity contribution < 1.29 is 4.74 Å². The van der Waals surface area contributed by atoms with Crippen molar-refractivity contribution in [3.63, 3.8) is 0 Å². The quantitative estimate of drug-likeness (QED) is 0.751. The molecule has 78 valence electrons. The molecule has 2 aromatic heterocycles. The second-order valence-electron chi connectivity index (χ2n) is 3.78. The summed E-state index contributed by atoms with van der Waals surface area (Å²) < 4.78 is 5.12. The first-order chi connectivity index (χ1) is 7.22. The Morgan fingerprint density at radius 1 is 1.20 bits per heavy atom. The topological polar surface area (TPSA) is 35.0 Å². The molecule has 3 heteroatoms. The number of hydrogen-bond donors (Lipinski definition) is 0. The maximum Gasteiger partial charge on any atom is 0.213 e. The van der Waals surface area contributed by atoms with Crippen molar-refractivity contribution in [1.82, 2.24) is 9.97 Å². The molecule has 3 nitrogen and oxygen atoms in total. The van der Waals surface area contributed by atoms with Gasteiger partial charge in [-0.2, -0.15) is 0 Å². The number of ether oxygens (including phenoxy) is 1. The molecule has 0 aliphatic rings. The van der Waals surface area contributed by atoms with Gasteiger partial charge >= 0.3 is 0 Å². The van der Waals surface area contributed by atoms with Crippen molar-refractivity contribution in [1.29, 1.82) is 0 Å². The molecule has 0 saturated carbocycles. The van der Waals surface area contributed by atoms with Gasteiger partial charge in [-0.05, 0) is 23.6 Å². The highest BCUT2D eigenvalue weighted by Crippen LogP contribution is 2.23. The lowest BCUT2D eigenvalue weighted by Crippen LogP contribution is -1.95. The van der Waals surface area contributed by atoms with Crippen molar-refractivity contribution in [2.24, 2.45) is 0 Å². The fraction of sp³-hybridized carbons (Fsp3) is 0.333. The normalized spacial score (nSPS) is 10.9. The summed E-state index contributed by atoms with van der Waals surface area (Å²) in [6, 6.07) is 5.78. The summed E-state index contributed by atoms with van der Waals surface area (Å²) in [5.41, 5.74) is 3.06. The van der Waals surface area contributed by atoms with Gasteiger partial charge in [-0.15, -0.1) is 0 Å². The number of nitrogens with zero attached hydrogens (tertiary/aromatic N) is 2. The summed E-state index contributed by atoms with van der Waals surface area (Å²) in [6.07, 6.45) is 1.83. The van der Waals surface area contributed by atoms with Gasteiger partial charge in [0.25, 0.3) is 0 Å². The van der Waals surface area contributed by atoms with Crippen LogP contribution in [0.25, 0.3) is 11.0 Å². The third-order valence-corrected chi connectivity index (χ3v) is 2.42. The van der Waals surface area contributed by atoms with E-state index in [2.05, 4.69) is 23.8 Å². The zero-order chi connectivity index (χ0) is 10.8. The molecule has 0 atom stereocenters. The van der Waals surface area contributed by atoms with Gasteiger partial charge in [-0.1, -0.05) is 13.8 Å². The van der Waals surface area contributed by atoms with Crippen LogP contribution in [0.15, 0.2) is 24.4 Å². The van der Waals surface area contributed by atoms with Crippen LogP contribution in [-0.2, 0) is 0 Å². The van der Waals surface area contributed by atoms with Crippen LogP contribution in [0.2, 0.25) is 0 Å². The van der Waals surface area contributed by atoms with Gasteiger partial charge in [0.15, 0.2) is 0 Å². The Morgan fingerprint density at radius 2 is 2.00 bits per heavy atom. The average Bonchev–Trinajstić information content (AvgIpc) is 2.27. The second-order valence-corrected chi connectivity index (χ2v) is 3.78. The van der Waals surface area contributed by atoms with E-state index in [0.29, 0.717) is 11.8 Å². The number of fused-ring (bicyclic) bond motifs is 1. The number of pyridine rings is 2. The third-order valence-electron chi connectivity index (χ3n) is 2.42. The lowest BCUT2D eigenvalue weighted by Gasteiger charge is -2.09. The Kier molecular flexibility index (Phi) is 2.54. The Morgan fingerprint density at radius 3 is 2.67 bits per heavy atom. The summed E-state index contributed by atoms with van der Waals surface area (Å²) in [5, 5.41) is 0. The van der Waals surface area contributed by atoms with Crippen LogP contribution in [0, 0.1) is 0 Å². The molecule has 15 heavy (non-hydrogen) atoms. The van der Waals surface area contributed by atoms with E-state index < -0.39 is 0 Å². The highest BCUT2D eigenvalue weighted by atomic mass is 16.5. The molecule has 0 aromatic carbocycles. The molecular weight excluding hydrogens is 188 g/mol. The van der Waals surface area contributed by atoms with Crippen LogP contribution in [-0.4, -0.2) is 17.1 Å². The standard InChI is InChI=1S/C12H14N2O/c1-8(2)9-6-7-13-10-4-5-11(15-3)14-12(9)10/h4-8H,1-3H3. The second kappa shape index (κ2) is 3.85. The maximum absolute atomic E-state index is 5.12. The van der Waals surface area contributed by atoms with Crippen molar-refractivity contribution in [2.45, 2.75) is 19.8 Å². The van der Waals surface area contributed by atoms with Crippen LogP contribution in [0.4, 0.5) is 0 Å². The highest BCUT2D eigenvalue weighted by Gasteiger charge is 2.07. The van der Waals surface area contributed by atoms with Gasteiger partial charge in [-0.3, -0.25) is 4.98 Å². The fourth-order valence-corrected chi connectivity index (χ4v) is 1.61. The summed E-state index contributed by atoms with van der Waals surface area (Å²) in [5.74, 6) is 1.08. The van der Waals surface area contributed by atoms with Crippen molar-refractivity contribution in [3.05, 3.63) is 30.0 Å². The first-order valence-electron chi connectivity index (χ1n) is 5.02. The van der Waals surface area contributed by atoms with Crippen LogP contribution in [0.5, 0.6) is 5.88 Å². The van der Waals surface area contributed by atoms with Crippen LogP contribution < -0.4 is 4.74 Å². The molecule has 0 aliphatic heterocycles. The predicted molar refractivity (Wildman–Crippen MR) is 60.2 cm³/mol. The minimum absolute atomic E-state index is 0.440. The number of methoxy groups -OCH3 is 1. The van der Waals surface area contributed by atoms with Crippen LogP contribution in [0.3, 0.4) is 0 Å². The minimum Gasteiger partial charge on any atom is -0.481 e. The third kappa shape index (κ3) is 1.77. The molecule has 2 aromatic rings. The molecular formula is C12H14N2O. The van der Waals surface area contributed by atoms with Crippen molar-refractivity contribution in [3.8, 4) is 5.88 Å². The van der Waals surface area contributed by atoms with Gasteiger partial charge in [0.2, 0.25) is 5.88 Å². The lowest BCUT2D eigenvalue weighted by atomic mass is 10.0. The van der Waals surface area contributed by atoms with Crippen molar-refractivity contribution >= 4 is 11.0 Å². The Hall–Kier alpha value is -1.64. The lowest BCUT2D eigenvalue weighted by molar-refractivity contribution is 0.399. The van der Waals surface area contributed by atoms with E-state index in [4.69, 9.17) is 4.74 Å². The first-order valence-corrected chi connectivity index (χ1v) is 5.02. The van der Waals surface area contributed by atoms with Gasteiger partial charge in [0.1, 0.15) is 0 Å². The number of aromatic nitrogens is 2. The van der Waals surface area contributed by atoms with Gasteiger partial charge in [-0.25, -0.2) is 4.98 Å². The summed E-state index contributed by atoms with van der Waals surface area (Å²) in [6.45, 7) is 4.30. The minimum atomic E-state index is 0.440. The maximum atomic E-state index is 5.12. The monoisotopic (exact) mass is 202 g/mol. The van der Waals surface area contributed by atoms with E-state index >= 15 is 0 Å². The molecule has 0 bridgehead atoms. The van der Waals surface area contributed by atoms with Crippen LogP contribution in [0.1, 0.15) is 25.3 Å². The molecule has 2 heterocycles. The van der Waals surface area contributed by atoms with Gasteiger partial charge in [0.05, 0.1) is 18.1 Å². The van der Waals surface area contributed by atoms with Gasteiger partial charge < -0.3 is 4.74 Å². The van der Waals surface area contributed by atoms with Crippen LogP contribution >= 0.6 is 0 Å². The Labute approximate surface area is 89.1 Å². The fourth-order valence-electron chi connectivity index (χ4n) is 1.61. The first kappa shape index (κ1) is 9.90. The molecule has 0 unspecified atom stereocenters. The largest absolute Gasteiger partial charge is 0.481 e. The highest BCUT2D eigenvalue weighted by molar-refractivity contribution is 5.78. The van der Waals surface area contributed by atoms with E-state index in [-0.39, 0.29) is 0 Å². The molecule has 0 spiro atoms. The Balaban J connectivity index is 2.70. The van der Waals surface area contributed by atoms with E-state index in [1.54, 1.807) is 7.11 Å². The van der Waals surface area contributed by atoms with Gasteiger partial charge in [0, 0.05) is 12.3 Å². The predicted octanol–water partition coefficient (Wildman–Crippen LogP) is 2.76. The zero-order valence-corrected chi connectivity index (χ0v) is 9.19.